The van der Waals surface area contributed by atoms with Crippen molar-refractivity contribution < 1.29 is 0 Å². The van der Waals surface area contributed by atoms with E-state index in [9.17, 15) is 0 Å². The summed E-state index contributed by atoms with van der Waals surface area (Å²) >= 11 is 3.46. The molecule has 0 aromatic heterocycles. The Morgan fingerprint density at radius 2 is 1.53 bits per heavy atom. The summed E-state index contributed by atoms with van der Waals surface area (Å²) in [4.78, 5) is 5.00. The molecule has 0 spiro atoms. The van der Waals surface area contributed by atoms with E-state index >= 15 is 0 Å². The lowest BCUT2D eigenvalue weighted by atomic mass is 10.2. The van der Waals surface area contributed by atoms with Crippen LogP contribution < -0.4 is 0 Å². The van der Waals surface area contributed by atoms with Gasteiger partial charge >= 0.3 is 0 Å². The minimum absolute atomic E-state index is 0. The summed E-state index contributed by atoms with van der Waals surface area (Å²) in [5.41, 5.74) is 0. The van der Waals surface area contributed by atoms with E-state index in [1.807, 2.05) is 0 Å². The van der Waals surface area contributed by atoms with Crippen LogP contribution in [0.4, 0.5) is 0 Å². The van der Waals surface area contributed by atoms with Crippen LogP contribution in [0.2, 0.25) is 0 Å². The predicted octanol–water partition coefficient (Wildman–Crippen LogP) is 2.95. The van der Waals surface area contributed by atoms with Gasteiger partial charge in [-0.05, 0) is 26.4 Å². The molecule has 0 N–H and O–H groups in total. The van der Waals surface area contributed by atoms with Gasteiger partial charge in [-0.2, -0.15) is 0 Å². The van der Waals surface area contributed by atoms with Crippen LogP contribution >= 0.6 is 49.9 Å². The Kier molecular flexibility index (Phi) is 14.8. The number of hydrogen-bond donors (Lipinski definition) is 0. The molecule has 1 aliphatic rings. The third kappa shape index (κ3) is 9.10. The maximum Gasteiger partial charge on any atom is 0.0110 e. The third-order valence-corrected chi connectivity index (χ3v) is 3.26. The van der Waals surface area contributed by atoms with Crippen LogP contribution in [0.15, 0.2) is 0 Å². The van der Waals surface area contributed by atoms with Crippen molar-refractivity contribution in [3.8, 4) is 0 Å². The van der Waals surface area contributed by atoms with E-state index in [-0.39, 0.29) is 34.0 Å². The monoisotopic (exact) mass is 408 g/mol. The zero-order valence-corrected chi connectivity index (χ0v) is 14.5. The van der Waals surface area contributed by atoms with Crippen LogP contribution in [-0.4, -0.2) is 54.9 Å². The number of unbranched alkanes of at least 4 members (excludes halogenated alkanes) is 2. The molecule has 5 heteroatoms. The second-order valence-electron chi connectivity index (χ2n) is 3.89. The number of piperazine rings is 1. The minimum atomic E-state index is 0. The van der Waals surface area contributed by atoms with Crippen LogP contribution in [0, 0.1) is 0 Å². The van der Waals surface area contributed by atoms with Crippen molar-refractivity contribution >= 4 is 49.9 Å². The molecule has 94 valence electrons. The molecule has 0 aromatic carbocycles. The normalized spacial score (nSPS) is 18.0. The molecule has 0 bridgehead atoms. The molecular weight excluding hydrogens is 388 g/mol. The largest absolute Gasteiger partial charge is 0.304 e. The molecule has 2 nitrogen and oxygen atoms in total. The Hall–Kier alpha value is 1.36. The fourth-order valence-corrected chi connectivity index (χ4v) is 2.07. The van der Waals surface area contributed by atoms with Crippen molar-refractivity contribution in [3.63, 3.8) is 0 Å². The Bertz CT molecular complexity index is 128. The van der Waals surface area contributed by atoms with Crippen molar-refractivity contribution in [2.24, 2.45) is 0 Å². The highest BCUT2D eigenvalue weighted by molar-refractivity contribution is 9.09. The van der Waals surface area contributed by atoms with Gasteiger partial charge in [0.1, 0.15) is 0 Å². The van der Waals surface area contributed by atoms with Crippen molar-refractivity contribution in [1.82, 2.24) is 9.80 Å². The van der Waals surface area contributed by atoms with Gasteiger partial charge in [-0.1, -0.05) is 22.4 Å². The average molecular weight is 411 g/mol. The molecule has 1 heterocycles. The van der Waals surface area contributed by atoms with Gasteiger partial charge in [0, 0.05) is 31.5 Å². The molecule has 0 aliphatic carbocycles. The Balaban J connectivity index is 0. The zero-order chi connectivity index (χ0) is 9.52. The summed E-state index contributed by atoms with van der Waals surface area (Å²) in [5.74, 6) is 0. The van der Waals surface area contributed by atoms with E-state index in [4.69, 9.17) is 0 Å². The molecular formula is C10H23Br3N2. The summed E-state index contributed by atoms with van der Waals surface area (Å²) in [6, 6.07) is 0. The predicted molar refractivity (Wildman–Crippen MR) is 82.2 cm³/mol. The highest BCUT2D eigenvalue weighted by Crippen LogP contribution is 2.04. The lowest BCUT2D eigenvalue weighted by Crippen LogP contribution is -2.44. The number of halogens is 3. The first-order valence-electron chi connectivity index (χ1n) is 5.30. The summed E-state index contributed by atoms with van der Waals surface area (Å²) in [6.45, 7) is 6.34. The van der Waals surface area contributed by atoms with E-state index in [0.29, 0.717) is 0 Å². The summed E-state index contributed by atoms with van der Waals surface area (Å²) in [5, 5.41) is 1.16. The first kappa shape index (κ1) is 18.7. The molecule has 15 heavy (non-hydrogen) atoms. The standard InChI is InChI=1S/C10H21BrN2.2BrH/c1-12-7-9-13(10-8-12)6-4-2-3-5-11;;/h2-10H2,1H3;2*1H. The number of alkyl halides is 1. The average Bonchev–Trinajstić information content (AvgIpc) is 2.15. The number of likely N-dealkylation sites (N-methyl/N-ethyl adjacent to an activating group) is 1. The van der Waals surface area contributed by atoms with Crippen LogP contribution in [0.5, 0.6) is 0 Å². The number of rotatable bonds is 5. The summed E-state index contributed by atoms with van der Waals surface area (Å²) < 4.78 is 0. The Morgan fingerprint density at radius 3 is 2.07 bits per heavy atom. The van der Waals surface area contributed by atoms with E-state index < -0.39 is 0 Å². The van der Waals surface area contributed by atoms with Gasteiger partial charge in [-0.3, -0.25) is 0 Å². The molecule has 0 aromatic rings. The maximum atomic E-state index is 3.46. The SMILES string of the molecule is Br.Br.CN1CCN(CCCCCBr)CC1. The molecule has 0 saturated carbocycles. The first-order chi connectivity index (χ1) is 6.33. The minimum Gasteiger partial charge on any atom is -0.304 e. The zero-order valence-electron chi connectivity index (χ0n) is 9.45. The van der Waals surface area contributed by atoms with Gasteiger partial charge in [0.05, 0.1) is 0 Å². The Labute approximate surface area is 123 Å². The number of hydrogen-bond acceptors (Lipinski definition) is 2. The van der Waals surface area contributed by atoms with E-state index in [1.54, 1.807) is 0 Å². The van der Waals surface area contributed by atoms with Crippen LogP contribution in [0.25, 0.3) is 0 Å². The quantitative estimate of drug-likeness (QED) is 0.508. The topological polar surface area (TPSA) is 6.48 Å². The molecule has 1 saturated heterocycles. The van der Waals surface area contributed by atoms with Gasteiger partial charge in [0.25, 0.3) is 0 Å². The van der Waals surface area contributed by atoms with Gasteiger partial charge in [-0.25, -0.2) is 0 Å². The fraction of sp³-hybridized carbons (Fsp3) is 1.00. The van der Waals surface area contributed by atoms with Gasteiger partial charge in [0.15, 0.2) is 0 Å². The molecule has 1 aliphatic heterocycles. The van der Waals surface area contributed by atoms with Crippen molar-refractivity contribution in [2.45, 2.75) is 19.3 Å². The molecule has 0 atom stereocenters. The fourth-order valence-electron chi connectivity index (χ4n) is 1.68. The van der Waals surface area contributed by atoms with E-state index in [0.717, 1.165) is 5.33 Å². The van der Waals surface area contributed by atoms with E-state index in [2.05, 4.69) is 32.8 Å². The lowest BCUT2D eigenvalue weighted by molar-refractivity contribution is 0.152. The van der Waals surface area contributed by atoms with E-state index in [1.165, 1.54) is 52.0 Å². The van der Waals surface area contributed by atoms with Gasteiger partial charge in [0.2, 0.25) is 0 Å². The summed E-state index contributed by atoms with van der Waals surface area (Å²) in [6.07, 6.45) is 4.07. The molecule has 1 rings (SSSR count). The molecule has 0 unspecified atom stereocenters. The second-order valence-corrected chi connectivity index (χ2v) is 4.69. The van der Waals surface area contributed by atoms with Crippen LogP contribution in [0.3, 0.4) is 0 Å². The van der Waals surface area contributed by atoms with Crippen molar-refractivity contribution in [1.29, 1.82) is 0 Å². The second kappa shape index (κ2) is 11.8. The summed E-state index contributed by atoms with van der Waals surface area (Å²) in [7, 11) is 2.21. The van der Waals surface area contributed by atoms with Crippen molar-refractivity contribution in [2.75, 3.05) is 45.1 Å². The first-order valence-corrected chi connectivity index (χ1v) is 6.42. The van der Waals surface area contributed by atoms with Crippen LogP contribution in [-0.2, 0) is 0 Å². The molecule has 1 fully saturated rings. The highest BCUT2D eigenvalue weighted by Gasteiger charge is 2.12. The Morgan fingerprint density at radius 1 is 0.933 bits per heavy atom. The highest BCUT2D eigenvalue weighted by atomic mass is 79.9. The maximum absolute atomic E-state index is 3.46. The smallest absolute Gasteiger partial charge is 0.0110 e. The van der Waals surface area contributed by atoms with Gasteiger partial charge < -0.3 is 9.80 Å². The third-order valence-electron chi connectivity index (χ3n) is 2.70. The molecule has 0 radical (unpaired) electrons. The lowest BCUT2D eigenvalue weighted by Gasteiger charge is -2.32. The van der Waals surface area contributed by atoms with Crippen molar-refractivity contribution in [3.05, 3.63) is 0 Å². The van der Waals surface area contributed by atoms with Gasteiger partial charge in [-0.15, -0.1) is 34.0 Å². The number of nitrogens with zero attached hydrogens (tertiary/aromatic N) is 2. The van der Waals surface area contributed by atoms with Crippen LogP contribution in [0.1, 0.15) is 19.3 Å². The molecule has 0 amide bonds.